The molecular weight excluding hydrogens is 208 g/mol. The highest BCUT2D eigenvalue weighted by molar-refractivity contribution is 5.37. The topological polar surface area (TPSA) is 63.4 Å². The quantitative estimate of drug-likeness (QED) is 0.621. The molecule has 0 saturated heterocycles. The number of aliphatic hydroxyl groups is 1. The van der Waals surface area contributed by atoms with E-state index in [1.165, 1.54) is 6.92 Å². The molecule has 0 bridgehead atoms. The number of hydrogen-bond acceptors (Lipinski definition) is 3. The van der Waals surface area contributed by atoms with Crippen molar-refractivity contribution in [2.24, 2.45) is 0 Å². The van der Waals surface area contributed by atoms with Crippen molar-refractivity contribution in [2.75, 3.05) is 6.61 Å². The molecule has 0 radical (unpaired) electrons. The van der Waals surface area contributed by atoms with Crippen LogP contribution in [0, 0.1) is 21.7 Å². The maximum absolute atomic E-state index is 13.3. The highest BCUT2D eigenvalue weighted by Gasteiger charge is 2.20. The van der Waals surface area contributed by atoms with Gasteiger partial charge in [0.05, 0.1) is 17.1 Å². The zero-order valence-corrected chi connectivity index (χ0v) is 7.91. The summed E-state index contributed by atoms with van der Waals surface area (Å²) < 4.78 is 26.5. The summed E-state index contributed by atoms with van der Waals surface area (Å²) in [6.45, 7) is 0.999. The van der Waals surface area contributed by atoms with Crippen LogP contribution in [0.1, 0.15) is 18.4 Å². The van der Waals surface area contributed by atoms with E-state index in [1.54, 1.807) is 0 Å². The second-order valence-electron chi connectivity index (χ2n) is 3.16. The molecule has 0 amide bonds. The Morgan fingerprint density at radius 1 is 1.47 bits per heavy atom. The number of benzene rings is 1. The number of hydrogen-bond donors (Lipinski definition) is 1. The Labute approximate surface area is 84.3 Å². The lowest BCUT2D eigenvalue weighted by atomic mass is 10.0. The van der Waals surface area contributed by atoms with Gasteiger partial charge in [-0.05, 0) is 0 Å². The normalized spacial score (nSPS) is 12.5. The van der Waals surface area contributed by atoms with Gasteiger partial charge in [0, 0.05) is 18.1 Å². The van der Waals surface area contributed by atoms with E-state index in [4.69, 9.17) is 5.11 Å². The smallest absolute Gasteiger partial charge is 0.275 e. The lowest BCUT2D eigenvalue weighted by Crippen LogP contribution is -2.06. The first-order valence-electron chi connectivity index (χ1n) is 4.21. The van der Waals surface area contributed by atoms with Crippen LogP contribution in [0.3, 0.4) is 0 Å². The largest absolute Gasteiger partial charge is 0.396 e. The molecule has 0 aromatic heterocycles. The molecule has 1 atom stereocenters. The van der Waals surface area contributed by atoms with Gasteiger partial charge in [-0.3, -0.25) is 10.1 Å². The molecule has 1 aromatic rings. The van der Waals surface area contributed by atoms with Crippen LogP contribution in [0.15, 0.2) is 12.1 Å². The average molecular weight is 217 g/mol. The van der Waals surface area contributed by atoms with E-state index in [0.717, 1.165) is 0 Å². The van der Waals surface area contributed by atoms with E-state index in [1.807, 2.05) is 0 Å². The molecule has 6 heteroatoms. The molecule has 1 N–H and O–H groups in total. The standard InChI is InChI=1S/C9H9F2NO3/c1-5(4-13)9-7(10)2-6(12(14)15)3-8(9)11/h2-3,5,13H,4H2,1H3. The molecule has 1 aromatic carbocycles. The number of non-ortho nitro benzene ring substituents is 1. The van der Waals surface area contributed by atoms with Crippen LogP contribution in [-0.4, -0.2) is 16.6 Å². The third-order valence-corrected chi connectivity index (χ3v) is 2.04. The van der Waals surface area contributed by atoms with E-state index in [-0.39, 0.29) is 5.56 Å². The highest BCUT2D eigenvalue weighted by atomic mass is 19.1. The van der Waals surface area contributed by atoms with E-state index in [0.29, 0.717) is 12.1 Å². The van der Waals surface area contributed by atoms with E-state index < -0.39 is 34.8 Å². The maximum Gasteiger partial charge on any atom is 0.275 e. The number of halogens is 2. The van der Waals surface area contributed by atoms with Gasteiger partial charge in [-0.1, -0.05) is 6.92 Å². The van der Waals surface area contributed by atoms with Gasteiger partial charge in [0.1, 0.15) is 11.6 Å². The molecule has 15 heavy (non-hydrogen) atoms. The maximum atomic E-state index is 13.3. The Bertz CT molecular complexity index is 372. The average Bonchev–Trinajstić information content (AvgIpc) is 2.16. The molecule has 0 heterocycles. The van der Waals surface area contributed by atoms with Gasteiger partial charge >= 0.3 is 0 Å². The summed E-state index contributed by atoms with van der Waals surface area (Å²) in [6, 6.07) is 1.29. The molecule has 1 unspecified atom stereocenters. The molecule has 0 aliphatic carbocycles. The van der Waals surface area contributed by atoms with Crippen LogP contribution in [-0.2, 0) is 0 Å². The van der Waals surface area contributed by atoms with Gasteiger partial charge in [0.25, 0.3) is 5.69 Å². The van der Waals surface area contributed by atoms with Crippen molar-refractivity contribution in [2.45, 2.75) is 12.8 Å². The minimum absolute atomic E-state index is 0.330. The van der Waals surface area contributed by atoms with Crippen molar-refractivity contribution in [3.05, 3.63) is 39.4 Å². The van der Waals surface area contributed by atoms with Crippen LogP contribution < -0.4 is 0 Å². The molecule has 82 valence electrons. The van der Waals surface area contributed by atoms with Crippen molar-refractivity contribution >= 4 is 5.69 Å². The van der Waals surface area contributed by atoms with Crippen molar-refractivity contribution in [3.8, 4) is 0 Å². The Morgan fingerprint density at radius 3 is 2.27 bits per heavy atom. The fraction of sp³-hybridized carbons (Fsp3) is 0.333. The van der Waals surface area contributed by atoms with E-state index >= 15 is 0 Å². The molecule has 4 nitrogen and oxygen atoms in total. The zero-order valence-electron chi connectivity index (χ0n) is 7.91. The highest BCUT2D eigenvalue weighted by Crippen LogP contribution is 2.26. The summed E-state index contributed by atoms with van der Waals surface area (Å²) in [5, 5.41) is 19.0. The van der Waals surface area contributed by atoms with Gasteiger partial charge in [-0.2, -0.15) is 0 Å². The number of aliphatic hydroxyl groups excluding tert-OH is 1. The van der Waals surface area contributed by atoms with Crippen LogP contribution in [0.4, 0.5) is 14.5 Å². The van der Waals surface area contributed by atoms with Crippen LogP contribution in [0.25, 0.3) is 0 Å². The van der Waals surface area contributed by atoms with Crippen molar-refractivity contribution in [3.63, 3.8) is 0 Å². The van der Waals surface area contributed by atoms with Crippen LogP contribution in [0.5, 0.6) is 0 Å². The fourth-order valence-corrected chi connectivity index (χ4v) is 1.24. The predicted molar refractivity (Wildman–Crippen MR) is 48.5 cm³/mol. The zero-order chi connectivity index (χ0) is 11.6. The number of nitrogens with zero attached hydrogens (tertiary/aromatic N) is 1. The SMILES string of the molecule is CC(CO)c1c(F)cc([N+](=O)[O-])cc1F. The first-order valence-corrected chi connectivity index (χ1v) is 4.21. The Hall–Kier alpha value is -1.56. The number of rotatable bonds is 3. The summed E-state index contributed by atoms with van der Waals surface area (Å²) >= 11 is 0. The lowest BCUT2D eigenvalue weighted by molar-refractivity contribution is -0.385. The predicted octanol–water partition coefficient (Wildman–Crippen LogP) is 1.97. The van der Waals surface area contributed by atoms with Crippen molar-refractivity contribution in [1.29, 1.82) is 0 Å². The molecule has 0 spiro atoms. The molecule has 0 fully saturated rings. The molecule has 0 aliphatic heterocycles. The summed E-state index contributed by atoms with van der Waals surface area (Å²) in [6.07, 6.45) is 0. The fourth-order valence-electron chi connectivity index (χ4n) is 1.24. The van der Waals surface area contributed by atoms with Crippen molar-refractivity contribution in [1.82, 2.24) is 0 Å². The lowest BCUT2D eigenvalue weighted by Gasteiger charge is -2.10. The Balaban J connectivity index is 3.27. The van der Waals surface area contributed by atoms with E-state index in [9.17, 15) is 18.9 Å². The summed E-state index contributed by atoms with van der Waals surface area (Å²) in [5.41, 5.74) is -0.970. The van der Waals surface area contributed by atoms with Gasteiger partial charge in [-0.15, -0.1) is 0 Å². The third kappa shape index (κ3) is 2.27. The molecule has 0 aliphatic rings. The molecule has 1 rings (SSSR count). The third-order valence-electron chi connectivity index (χ3n) is 2.04. The van der Waals surface area contributed by atoms with Gasteiger partial charge in [-0.25, -0.2) is 8.78 Å². The minimum Gasteiger partial charge on any atom is -0.396 e. The summed E-state index contributed by atoms with van der Waals surface area (Å²) in [4.78, 5) is 9.40. The number of nitro groups is 1. The van der Waals surface area contributed by atoms with Gasteiger partial charge < -0.3 is 5.11 Å². The second-order valence-corrected chi connectivity index (χ2v) is 3.16. The summed E-state index contributed by atoms with van der Waals surface area (Å²) in [5.74, 6) is -2.75. The second kappa shape index (κ2) is 4.31. The molecular formula is C9H9F2NO3. The van der Waals surface area contributed by atoms with Gasteiger partial charge in [0.15, 0.2) is 0 Å². The van der Waals surface area contributed by atoms with Crippen LogP contribution in [0.2, 0.25) is 0 Å². The van der Waals surface area contributed by atoms with Crippen molar-refractivity contribution < 1.29 is 18.8 Å². The Morgan fingerprint density at radius 2 is 1.93 bits per heavy atom. The minimum atomic E-state index is -1.01. The molecule has 0 saturated carbocycles. The van der Waals surface area contributed by atoms with Crippen LogP contribution >= 0.6 is 0 Å². The monoisotopic (exact) mass is 217 g/mol. The first kappa shape index (κ1) is 11.5. The van der Waals surface area contributed by atoms with E-state index in [2.05, 4.69) is 0 Å². The Kier molecular flexibility index (Phi) is 3.31. The number of nitro benzene ring substituents is 1. The summed E-state index contributed by atoms with van der Waals surface area (Å²) in [7, 11) is 0. The van der Waals surface area contributed by atoms with Gasteiger partial charge in [0.2, 0.25) is 0 Å². The first-order chi connectivity index (χ1) is 6.97.